The number of pyridine rings is 1. The summed E-state index contributed by atoms with van der Waals surface area (Å²) in [7, 11) is 0. The SMILES string of the molecule is CCC(NC(=O)c1c[nH]c2ccccc2c1=O)c1ncc(-c2ccccc2)[nH]1. The van der Waals surface area contributed by atoms with E-state index in [2.05, 4.69) is 20.3 Å². The van der Waals surface area contributed by atoms with Crippen molar-refractivity contribution < 1.29 is 4.79 Å². The zero-order valence-electron chi connectivity index (χ0n) is 15.4. The molecule has 140 valence electrons. The second-order valence-corrected chi connectivity index (χ2v) is 6.56. The molecule has 0 aliphatic rings. The van der Waals surface area contributed by atoms with Gasteiger partial charge in [0, 0.05) is 17.1 Å². The number of benzene rings is 2. The quantitative estimate of drug-likeness (QED) is 0.498. The van der Waals surface area contributed by atoms with Crippen LogP contribution in [-0.2, 0) is 0 Å². The number of fused-ring (bicyclic) bond motifs is 1. The number of aromatic amines is 2. The van der Waals surface area contributed by atoms with Crippen molar-refractivity contribution in [3.8, 4) is 11.3 Å². The Labute approximate surface area is 161 Å². The molecule has 2 aromatic heterocycles. The van der Waals surface area contributed by atoms with Gasteiger partial charge < -0.3 is 15.3 Å². The van der Waals surface area contributed by atoms with Crippen LogP contribution in [0.2, 0.25) is 0 Å². The van der Waals surface area contributed by atoms with Gasteiger partial charge in [-0.05, 0) is 24.1 Å². The van der Waals surface area contributed by atoms with E-state index in [4.69, 9.17) is 0 Å². The summed E-state index contributed by atoms with van der Waals surface area (Å²) in [4.78, 5) is 36.1. The molecular formula is C22H20N4O2. The first-order chi connectivity index (χ1) is 13.7. The number of rotatable bonds is 5. The number of nitrogens with one attached hydrogen (secondary N) is 3. The number of hydrogen-bond acceptors (Lipinski definition) is 3. The Morgan fingerprint density at radius 2 is 1.86 bits per heavy atom. The largest absolute Gasteiger partial charge is 0.360 e. The highest BCUT2D eigenvalue weighted by Gasteiger charge is 2.20. The molecule has 0 aliphatic carbocycles. The van der Waals surface area contributed by atoms with E-state index in [0.717, 1.165) is 11.3 Å². The van der Waals surface area contributed by atoms with Gasteiger partial charge in [0.15, 0.2) is 0 Å². The van der Waals surface area contributed by atoms with Gasteiger partial charge in [-0.3, -0.25) is 9.59 Å². The number of carbonyl (C=O) groups is 1. The average molecular weight is 372 g/mol. The van der Waals surface area contributed by atoms with Crippen LogP contribution in [0.15, 0.2) is 71.8 Å². The van der Waals surface area contributed by atoms with E-state index in [1.54, 1.807) is 24.4 Å². The molecule has 4 aromatic rings. The van der Waals surface area contributed by atoms with E-state index in [-0.39, 0.29) is 17.0 Å². The fraction of sp³-hybridized carbons (Fsp3) is 0.136. The molecule has 0 saturated carbocycles. The number of imidazole rings is 1. The molecule has 1 unspecified atom stereocenters. The number of nitrogens with zero attached hydrogens (tertiary/aromatic N) is 1. The van der Waals surface area contributed by atoms with Crippen molar-refractivity contribution in [2.75, 3.05) is 0 Å². The van der Waals surface area contributed by atoms with Crippen LogP contribution in [0.25, 0.3) is 22.2 Å². The molecule has 0 radical (unpaired) electrons. The lowest BCUT2D eigenvalue weighted by molar-refractivity contribution is 0.0932. The van der Waals surface area contributed by atoms with E-state index in [9.17, 15) is 9.59 Å². The van der Waals surface area contributed by atoms with Gasteiger partial charge in [0.25, 0.3) is 5.91 Å². The third-order valence-corrected chi connectivity index (χ3v) is 4.76. The maximum Gasteiger partial charge on any atom is 0.257 e. The Morgan fingerprint density at radius 3 is 2.64 bits per heavy atom. The molecule has 1 amide bonds. The zero-order chi connectivity index (χ0) is 19.5. The highest BCUT2D eigenvalue weighted by molar-refractivity contribution is 5.97. The van der Waals surface area contributed by atoms with Gasteiger partial charge in [-0.1, -0.05) is 49.4 Å². The van der Waals surface area contributed by atoms with E-state index < -0.39 is 5.91 Å². The molecule has 0 bridgehead atoms. The molecule has 0 saturated heterocycles. The molecular weight excluding hydrogens is 352 g/mol. The lowest BCUT2D eigenvalue weighted by Crippen LogP contribution is -2.32. The first-order valence-corrected chi connectivity index (χ1v) is 9.19. The molecule has 3 N–H and O–H groups in total. The van der Waals surface area contributed by atoms with Crippen molar-refractivity contribution in [3.63, 3.8) is 0 Å². The minimum Gasteiger partial charge on any atom is -0.360 e. The summed E-state index contributed by atoms with van der Waals surface area (Å²) in [6.45, 7) is 1.96. The molecule has 2 heterocycles. The van der Waals surface area contributed by atoms with Crippen molar-refractivity contribution >= 4 is 16.8 Å². The van der Waals surface area contributed by atoms with Crippen molar-refractivity contribution in [3.05, 3.63) is 88.6 Å². The van der Waals surface area contributed by atoms with Crippen LogP contribution in [0.4, 0.5) is 0 Å². The normalized spacial score (nSPS) is 12.0. The van der Waals surface area contributed by atoms with E-state index in [1.165, 1.54) is 6.20 Å². The van der Waals surface area contributed by atoms with Gasteiger partial charge in [-0.2, -0.15) is 0 Å². The predicted molar refractivity (Wildman–Crippen MR) is 109 cm³/mol. The molecule has 6 nitrogen and oxygen atoms in total. The first kappa shape index (κ1) is 17.7. The molecule has 1 atom stereocenters. The summed E-state index contributed by atoms with van der Waals surface area (Å²) >= 11 is 0. The number of aromatic nitrogens is 3. The van der Waals surface area contributed by atoms with Crippen molar-refractivity contribution in [1.82, 2.24) is 20.3 Å². The Balaban J connectivity index is 1.59. The molecule has 28 heavy (non-hydrogen) atoms. The summed E-state index contributed by atoms with van der Waals surface area (Å²) in [5.41, 5.74) is 2.41. The second-order valence-electron chi connectivity index (χ2n) is 6.56. The summed E-state index contributed by atoms with van der Waals surface area (Å²) < 4.78 is 0. The molecule has 0 fully saturated rings. The monoisotopic (exact) mass is 372 g/mol. The van der Waals surface area contributed by atoms with Gasteiger partial charge >= 0.3 is 0 Å². The maximum absolute atomic E-state index is 12.8. The summed E-state index contributed by atoms with van der Waals surface area (Å²) in [5.74, 6) is 0.239. The van der Waals surface area contributed by atoms with E-state index in [1.807, 2.05) is 43.3 Å². The molecule has 4 rings (SSSR count). The minimum absolute atomic E-state index is 0.0898. The van der Waals surface area contributed by atoms with Gasteiger partial charge in [-0.15, -0.1) is 0 Å². The zero-order valence-corrected chi connectivity index (χ0v) is 15.4. The summed E-state index contributed by atoms with van der Waals surface area (Å²) in [6, 6.07) is 16.7. The van der Waals surface area contributed by atoms with Gasteiger partial charge in [-0.25, -0.2) is 4.98 Å². The van der Waals surface area contributed by atoms with Crippen LogP contribution in [0, 0.1) is 0 Å². The lowest BCUT2D eigenvalue weighted by Gasteiger charge is -2.14. The Hall–Kier alpha value is -3.67. The Morgan fingerprint density at radius 1 is 1.11 bits per heavy atom. The summed E-state index contributed by atoms with van der Waals surface area (Å²) in [6.07, 6.45) is 3.85. The predicted octanol–water partition coefficient (Wildman–Crippen LogP) is 3.80. The third kappa shape index (κ3) is 3.32. The van der Waals surface area contributed by atoms with Gasteiger partial charge in [0.05, 0.1) is 17.9 Å². The van der Waals surface area contributed by atoms with Crippen LogP contribution in [-0.4, -0.2) is 20.9 Å². The smallest absolute Gasteiger partial charge is 0.257 e. The van der Waals surface area contributed by atoms with E-state index >= 15 is 0 Å². The molecule has 0 spiro atoms. The van der Waals surface area contributed by atoms with Crippen LogP contribution >= 0.6 is 0 Å². The number of hydrogen-bond donors (Lipinski definition) is 3. The molecule has 2 aromatic carbocycles. The average Bonchev–Trinajstić information content (AvgIpc) is 3.23. The Bertz CT molecular complexity index is 1180. The minimum atomic E-state index is -0.420. The Kier molecular flexibility index (Phi) is 4.76. The van der Waals surface area contributed by atoms with Gasteiger partial charge in [0.1, 0.15) is 11.4 Å². The number of H-pyrrole nitrogens is 2. The maximum atomic E-state index is 12.8. The number of amides is 1. The first-order valence-electron chi connectivity index (χ1n) is 9.19. The summed E-state index contributed by atoms with van der Waals surface area (Å²) in [5, 5.41) is 3.41. The fourth-order valence-electron chi connectivity index (χ4n) is 3.21. The number of para-hydroxylation sites is 1. The molecule has 0 aliphatic heterocycles. The number of carbonyl (C=O) groups excluding carboxylic acids is 1. The van der Waals surface area contributed by atoms with Crippen molar-refractivity contribution in [2.45, 2.75) is 19.4 Å². The van der Waals surface area contributed by atoms with Crippen molar-refractivity contribution in [1.29, 1.82) is 0 Å². The van der Waals surface area contributed by atoms with Crippen LogP contribution in [0.5, 0.6) is 0 Å². The highest BCUT2D eigenvalue weighted by atomic mass is 16.2. The standard InChI is InChI=1S/C22H20N4O2/c1-2-17(21-24-13-19(25-21)14-8-4-3-5-9-14)26-22(28)16-12-23-18-11-7-6-10-15(18)20(16)27/h3-13,17H,2H2,1H3,(H,23,27)(H,24,25)(H,26,28). The lowest BCUT2D eigenvalue weighted by atomic mass is 10.1. The van der Waals surface area contributed by atoms with Crippen LogP contribution < -0.4 is 10.7 Å². The van der Waals surface area contributed by atoms with Crippen LogP contribution in [0.1, 0.15) is 35.6 Å². The van der Waals surface area contributed by atoms with Gasteiger partial charge in [0.2, 0.25) is 5.43 Å². The van der Waals surface area contributed by atoms with E-state index in [0.29, 0.717) is 23.1 Å². The molecule has 6 heteroatoms. The topological polar surface area (TPSA) is 90.6 Å². The van der Waals surface area contributed by atoms with Crippen molar-refractivity contribution in [2.24, 2.45) is 0 Å². The third-order valence-electron chi connectivity index (χ3n) is 4.76. The highest BCUT2D eigenvalue weighted by Crippen LogP contribution is 2.20. The second kappa shape index (κ2) is 7.52. The fourth-order valence-corrected chi connectivity index (χ4v) is 3.21. The van der Waals surface area contributed by atoms with Crippen LogP contribution in [0.3, 0.4) is 0 Å².